The van der Waals surface area contributed by atoms with Crippen molar-refractivity contribution in [1.29, 1.82) is 0 Å². The second kappa shape index (κ2) is 4.84. The van der Waals surface area contributed by atoms with Crippen molar-refractivity contribution in [2.75, 3.05) is 18.8 Å². The molecule has 2 heterocycles. The fourth-order valence-corrected chi connectivity index (χ4v) is 3.25. The lowest BCUT2D eigenvalue weighted by Gasteiger charge is -2.47. The van der Waals surface area contributed by atoms with Crippen molar-refractivity contribution in [3.8, 4) is 0 Å². The van der Waals surface area contributed by atoms with Gasteiger partial charge in [0.1, 0.15) is 17.0 Å². The molecule has 20 heavy (non-hydrogen) atoms. The molecule has 2 fully saturated rings. The first-order chi connectivity index (χ1) is 8.98. The van der Waals surface area contributed by atoms with Gasteiger partial charge in [0.05, 0.1) is 19.2 Å². The first kappa shape index (κ1) is 15.5. The number of ether oxygens (including phenoxy) is 2. The van der Waals surface area contributed by atoms with Crippen LogP contribution < -0.4 is 0 Å². The number of likely N-dealkylation sites (tertiary alicyclic amines) is 1. The van der Waals surface area contributed by atoms with Crippen LogP contribution in [0.3, 0.4) is 0 Å². The van der Waals surface area contributed by atoms with E-state index in [1.165, 1.54) is 4.90 Å². The summed E-state index contributed by atoms with van der Waals surface area (Å²) in [4.78, 5) is 13.3. The van der Waals surface area contributed by atoms with Crippen molar-refractivity contribution in [2.24, 2.45) is 0 Å². The number of carbonyl (C=O) groups is 1. The molecule has 6 nitrogen and oxygen atoms in total. The lowest BCUT2D eigenvalue weighted by molar-refractivity contribution is -0.127. The van der Waals surface area contributed by atoms with Crippen LogP contribution in [0.5, 0.6) is 0 Å². The molecular weight excluding hydrogens is 289 g/mol. The third-order valence-electron chi connectivity index (χ3n) is 3.33. The van der Waals surface area contributed by atoms with Crippen molar-refractivity contribution in [2.45, 2.75) is 50.9 Å². The third kappa shape index (κ3) is 3.82. The van der Waals surface area contributed by atoms with E-state index in [0.29, 0.717) is 25.9 Å². The van der Waals surface area contributed by atoms with Crippen LogP contribution >= 0.6 is 0 Å². The zero-order valence-electron chi connectivity index (χ0n) is 11.9. The molecule has 0 aromatic rings. The number of carbonyl (C=O) groups excluding carboxylic acids is 1. The van der Waals surface area contributed by atoms with Gasteiger partial charge in [0, 0.05) is 0 Å². The van der Waals surface area contributed by atoms with E-state index >= 15 is 0 Å². The molecular formula is C12H20FNO5S. The highest BCUT2D eigenvalue weighted by Crippen LogP contribution is 2.39. The molecule has 2 aliphatic rings. The Morgan fingerprint density at radius 2 is 2.05 bits per heavy atom. The highest BCUT2D eigenvalue weighted by molar-refractivity contribution is 7.86. The smallest absolute Gasteiger partial charge is 0.410 e. The van der Waals surface area contributed by atoms with Gasteiger partial charge < -0.3 is 14.4 Å². The molecule has 0 aromatic carbocycles. The Balaban J connectivity index is 1.83. The maximum atomic E-state index is 12.6. The van der Waals surface area contributed by atoms with Crippen LogP contribution in [0.25, 0.3) is 0 Å². The van der Waals surface area contributed by atoms with Gasteiger partial charge in [-0.1, -0.05) is 0 Å². The molecule has 0 aromatic heterocycles. The molecule has 2 rings (SSSR count). The standard InChI is InChI=1S/C12H20FNO5S/c1-11(2,3)19-10(15)14-7-12(8-14)5-4-9(18-12)6-20(13,16)17/h9H,4-8H2,1-3H3. The summed E-state index contributed by atoms with van der Waals surface area (Å²) >= 11 is 0. The van der Waals surface area contributed by atoms with Crippen LogP contribution in [0, 0.1) is 0 Å². The Bertz CT molecular complexity index is 492. The quantitative estimate of drug-likeness (QED) is 0.722. The predicted molar refractivity (Wildman–Crippen MR) is 69.5 cm³/mol. The van der Waals surface area contributed by atoms with Crippen LogP contribution in [0.4, 0.5) is 8.68 Å². The Hall–Kier alpha value is -0.890. The number of amides is 1. The zero-order valence-corrected chi connectivity index (χ0v) is 12.7. The highest BCUT2D eigenvalue weighted by atomic mass is 32.3. The van der Waals surface area contributed by atoms with Gasteiger partial charge in [-0.05, 0) is 33.6 Å². The average Bonchev–Trinajstić information content (AvgIpc) is 2.53. The van der Waals surface area contributed by atoms with Crippen molar-refractivity contribution in [3.63, 3.8) is 0 Å². The molecule has 8 heteroatoms. The Morgan fingerprint density at radius 3 is 2.55 bits per heavy atom. The summed E-state index contributed by atoms with van der Waals surface area (Å²) in [6, 6.07) is 0. The summed E-state index contributed by atoms with van der Waals surface area (Å²) in [5.41, 5.74) is -1.08. The molecule has 1 amide bonds. The van der Waals surface area contributed by atoms with E-state index in [1.807, 2.05) is 0 Å². The number of hydrogen-bond acceptors (Lipinski definition) is 5. The maximum Gasteiger partial charge on any atom is 0.410 e. The fourth-order valence-electron chi connectivity index (χ4n) is 2.57. The lowest BCUT2D eigenvalue weighted by Crippen LogP contribution is -2.64. The summed E-state index contributed by atoms with van der Waals surface area (Å²) in [6.07, 6.45) is 0.0942. The van der Waals surface area contributed by atoms with E-state index in [1.54, 1.807) is 20.8 Å². The van der Waals surface area contributed by atoms with Gasteiger partial charge in [-0.15, -0.1) is 3.89 Å². The Morgan fingerprint density at radius 1 is 1.45 bits per heavy atom. The number of halogens is 1. The predicted octanol–water partition coefficient (Wildman–Crippen LogP) is 1.45. The van der Waals surface area contributed by atoms with Crippen molar-refractivity contribution in [1.82, 2.24) is 4.90 Å². The van der Waals surface area contributed by atoms with Gasteiger partial charge in [-0.3, -0.25) is 0 Å². The Kier molecular flexibility index (Phi) is 3.75. The van der Waals surface area contributed by atoms with Crippen LogP contribution in [-0.4, -0.2) is 55.6 Å². The molecule has 0 radical (unpaired) electrons. The number of rotatable bonds is 2. The fraction of sp³-hybridized carbons (Fsp3) is 0.917. The molecule has 1 atom stereocenters. The highest BCUT2D eigenvalue weighted by Gasteiger charge is 2.52. The van der Waals surface area contributed by atoms with Gasteiger partial charge >= 0.3 is 16.3 Å². The second-order valence-electron chi connectivity index (χ2n) is 6.50. The molecule has 2 aliphatic heterocycles. The van der Waals surface area contributed by atoms with Crippen LogP contribution in [-0.2, 0) is 19.7 Å². The van der Waals surface area contributed by atoms with E-state index in [4.69, 9.17) is 9.47 Å². The van der Waals surface area contributed by atoms with Gasteiger partial charge in [-0.2, -0.15) is 8.42 Å². The molecule has 0 aliphatic carbocycles. The van der Waals surface area contributed by atoms with Crippen LogP contribution in [0.2, 0.25) is 0 Å². The van der Waals surface area contributed by atoms with Crippen LogP contribution in [0.1, 0.15) is 33.6 Å². The number of nitrogens with zero attached hydrogens (tertiary/aromatic N) is 1. The molecule has 0 N–H and O–H groups in total. The summed E-state index contributed by atoms with van der Waals surface area (Å²) in [5, 5.41) is 0. The first-order valence-corrected chi connectivity index (χ1v) is 8.11. The molecule has 0 bridgehead atoms. The van der Waals surface area contributed by atoms with Crippen molar-refractivity contribution < 1.29 is 26.6 Å². The monoisotopic (exact) mass is 309 g/mol. The van der Waals surface area contributed by atoms with Crippen LogP contribution in [0.15, 0.2) is 0 Å². The van der Waals surface area contributed by atoms with Gasteiger partial charge in [-0.25, -0.2) is 4.79 Å². The van der Waals surface area contributed by atoms with E-state index in [0.717, 1.165) is 0 Å². The van der Waals surface area contributed by atoms with E-state index in [9.17, 15) is 17.1 Å². The summed E-state index contributed by atoms with van der Waals surface area (Å²) < 4.78 is 44.6. The molecule has 2 saturated heterocycles. The second-order valence-corrected chi connectivity index (χ2v) is 7.91. The average molecular weight is 309 g/mol. The minimum atomic E-state index is -4.53. The van der Waals surface area contributed by atoms with E-state index in [-0.39, 0.29) is 0 Å². The van der Waals surface area contributed by atoms with Crippen molar-refractivity contribution in [3.05, 3.63) is 0 Å². The first-order valence-electron chi connectivity index (χ1n) is 6.56. The van der Waals surface area contributed by atoms with E-state index < -0.39 is 39.4 Å². The third-order valence-corrected chi connectivity index (χ3v) is 4.10. The molecule has 116 valence electrons. The van der Waals surface area contributed by atoms with Gasteiger partial charge in [0.2, 0.25) is 0 Å². The van der Waals surface area contributed by atoms with Gasteiger partial charge in [0.25, 0.3) is 0 Å². The Labute approximate surface area is 118 Å². The topological polar surface area (TPSA) is 72.9 Å². The SMILES string of the molecule is CC(C)(C)OC(=O)N1CC2(CCC(CS(=O)(=O)F)O2)C1. The normalized spacial score (nSPS) is 25.6. The molecule has 0 saturated carbocycles. The number of hydrogen-bond donors (Lipinski definition) is 0. The zero-order chi connectivity index (χ0) is 15.2. The summed E-state index contributed by atoms with van der Waals surface area (Å²) in [7, 11) is -4.53. The van der Waals surface area contributed by atoms with Gasteiger partial charge in [0.15, 0.2) is 0 Å². The molecule has 1 spiro atoms. The van der Waals surface area contributed by atoms with E-state index in [2.05, 4.69) is 0 Å². The van der Waals surface area contributed by atoms with Crippen molar-refractivity contribution >= 4 is 16.3 Å². The summed E-state index contributed by atoms with van der Waals surface area (Å²) in [5.74, 6) is -0.610. The lowest BCUT2D eigenvalue weighted by atomic mass is 9.91. The maximum absolute atomic E-state index is 12.6. The largest absolute Gasteiger partial charge is 0.444 e. The summed E-state index contributed by atoms with van der Waals surface area (Å²) in [6.45, 7) is 6.09. The molecule has 1 unspecified atom stereocenters. The minimum Gasteiger partial charge on any atom is -0.444 e. The minimum absolute atomic E-state index is 0.366.